The molecule has 1 atom stereocenters. The van der Waals surface area contributed by atoms with Crippen LogP contribution in [0.5, 0.6) is 0 Å². The second-order valence-corrected chi connectivity index (χ2v) is 6.84. The molecular formula is C17H25N6O3+. The molecule has 1 fully saturated rings. The Bertz CT molecular complexity index is 822. The third kappa shape index (κ3) is 2.72. The molecule has 2 aliphatic heterocycles. The second kappa shape index (κ2) is 6.64. The number of likely N-dealkylation sites (N-methyl/N-ethyl adjacent to an activating group) is 1. The van der Waals surface area contributed by atoms with E-state index in [1.54, 1.807) is 18.8 Å². The number of methoxy groups -OCH3 is 1. The Balaban J connectivity index is 2.12. The molecule has 3 rings (SSSR count). The quantitative estimate of drug-likeness (QED) is 0.729. The number of nitrogens with zero attached hydrogens (tertiary/aromatic N) is 6. The van der Waals surface area contributed by atoms with Crippen molar-refractivity contribution in [3.8, 4) is 0 Å². The van der Waals surface area contributed by atoms with Gasteiger partial charge in [0.25, 0.3) is 5.91 Å². The predicted molar refractivity (Wildman–Crippen MR) is 95.5 cm³/mol. The van der Waals surface area contributed by atoms with Crippen LogP contribution in [0.15, 0.2) is 11.1 Å². The molecule has 0 bridgehead atoms. The first-order chi connectivity index (χ1) is 12.3. The number of amidine groups is 1. The van der Waals surface area contributed by atoms with Gasteiger partial charge >= 0.3 is 12.0 Å². The molecule has 0 aliphatic carbocycles. The highest BCUT2D eigenvalue weighted by Crippen LogP contribution is 2.22. The van der Waals surface area contributed by atoms with Gasteiger partial charge in [-0.1, -0.05) is 4.99 Å². The maximum absolute atomic E-state index is 13.1. The van der Waals surface area contributed by atoms with E-state index in [0.29, 0.717) is 18.4 Å². The van der Waals surface area contributed by atoms with E-state index in [9.17, 15) is 9.59 Å². The minimum Gasteiger partial charge on any atom is -0.383 e. The summed E-state index contributed by atoms with van der Waals surface area (Å²) >= 11 is 0. The van der Waals surface area contributed by atoms with Crippen molar-refractivity contribution in [2.45, 2.75) is 39.8 Å². The van der Waals surface area contributed by atoms with Gasteiger partial charge in [0.1, 0.15) is 5.69 Å². The third-order valence-corrected chi connectivity index (χ3v) is 4.60. The Morgan fingerprint density at radius 1 is 1.31 bits per heavy atom. The highest BCUT2D eigenvalue weighted by Gasteiger charge is 2.53. The van der Waals surface area contributed by atoms with Crippen molar-refractivity contribution in [2.75, 3.05) is 27.3 Å². The number of carbonyl (C=O) groups excluding carboxylic acids is 2. The number of aryl methyl sites for hydroxylation is 2. The van der Waals surface area contributed by atoms with Crippen molar-refractivity contribution in [3.63, 3.8) is 0 Å². The molecule has 26 heavy (non-hydrogen) atoms. The summed E-state index contributed by atoms with van der Waals surface area (Å²) in [7, 11) is 3.18. The Labute approximate surface area is 152 Å². The molecule has 1 unspecified atom stereocenters. The number of amides is 3. The summed E-state index contributed by atoms with van der Waals surface area (Å²) in [4.78, 5) is 33.0. The number of rotatable bonds is 4. The van der Waals surface area contributed by atoms with Gasteiger partial charge in [-0.05, 0) is 33.8 Å². The fraction of sp³-hybridized carbons (Fsp3) is 0.588. The molecule has 0 saturated carbocycles. The van der Waals surface area contributed by atoms with Gasteiger partial charge in [0.05, 0.1) is 24.9 Å². The number of imide groups is 1. The molecule has 9 nitrogen and oxygen atoms in total. The zero-order valence-corrected chi connectivity index (χ0v) is 16.1. The minimum absolute atomic E-state index is 0.00465. The Morgan fingerprint density at radius 3 is 2.54 bits per heavy atom. The predicted octanol–water partition coefficient (Wildman–Crippen LogP) is 0.446. The molecule has 0 N–H and O–H groups in total. The van der Waals surface area contributed by atoms with Crippen molar-refractivity contribution in [1.29, 1.82) is 0 Å². The second-order valence-electron chi connectivity index (χ2n) is 6.84. The lowest BCUT2D eigenvalue weighted by molar-refractivity contribution is -0.567. The van der Waals surface area contributed by atoms with E-state index in [1.807, 2.05) is 38.3 Å². The van der Waals surface area contributed by atoms with Gasteiger partial charge < -0.3 is 4.74 Å². The number of aliphatic imine (C=N–C) groups is 1. The molecule has 1 aromatic heterocycles. The van der Waals surface area contributed by atoms with E-state index >= 15 is 0 Å². The number of aromatic nitrogens is 2. The maximum atomic E-state index is 13.1. The normalized spacial score (nSPS) is 20.4. The topological polar surface area (TPSA) is 83.0 Å². The summed E-state index contributed by atoms with van der Waals surface area (Å²) in [5, 5.41) is 4.50. The summed E-state index contributed by atoms with van der Waals surface area (Å²) in [6, 6.07) is 0.915. The summed E-state index contributed by atoms with van der Waals surface area (Å²) < 4.78 is 8.69. The minimum atomic E-state index is -0.645. The molecule has 0 radical (unpaired) electrons. The lowest BCUT2D eigenvalue weighted by Gasteiger charge is -2.34. The summed E-state index contributed by atoms with van der Waals surface area (Å²) in [6.45, 7) is 8.34. The van der Waals surface area contributed by atoms with Crippen LogP contribution >= 0.6 is 0 Å². The van der Waals surface area contributed by atoms with Crippen LogP contribution in [0.4, 0.5) is 4.79 Å². The summed E-state index contributed by atoms with van der Waals surface area (Å²) in [6.07, 6.45) is 0. The average Bonchev–Trinajstić information content (AvgIpc) is 3.13. The van der Waals surface area contributed by atoms with Crippen molar-refractivity contribution < 1.29 is 18.9 Å². The first kappa shape index (κ1) is 18.2. The zero-order chi connectivity index (χ0) is 19.2. The molecule has 2 aliphatic rings. The van der Waals surface area contributed by atoms with Gasteiger partial charge in [-0.15, -0.1) is 9.78 Å². The van der Waals surface area contributed by atoms with Crippen LogP contribution in [-0.4, -0.2) is 87.3 Å². The van der Waals surface area contributed by atoms with E-state index in [2.05, 4.69) is 10.1 Å². The van der Waals surface area contributed by atoms with Gasteiger partial charge in [-0.3, -0.25) is 14.6 Å². The van der Waals surface area contributed by atoms with Crippen LogP contribution in [0, 0.1) is 13.8 Å². The lowest BCUT2D eigenvalue weighted by Crippen LogP contribution is -2.63. The van der Waals surface area contributed by atoms with E-state index < -0.39 is 6.04 Å². The first-order valence-corrected chi connectivity index (χ1v) is 8.63. The Hall–Kier alpha value is -2.55. The molecule has 0 spiro atoms. The molecule has 3 amide bonds. The van der Waals surface area contributed by atoms with Crippen LogP contribution in [0.1, 0.15) is 25.2 Å². The molecule has 140 valence electrons. The number of fused-ring (bicyclic) bond motifs is 1. The zero-order valence-electron chi connectivity index (χ0n) is 16.1. The van der Waals surface area contributed by atoms with Crippen molar-refractivity contribution in [2.24, 2.45) is 4.99 Å². The average molecular weight is 361 g/mol. The lowest BCUT2D eigenvalue weighted by atomic mass is 10.1. The maximum Gasteiger partial charge on any atom is 0.421 e. The van der Waals surface area contributed by atoms with Gasteiger partial charge in [-0.2, -0.15) is 0 Å². The van der Waals surface area contributed by atoms with Gasteiger partial charge in [-0.25, -0.2) is 9.37 Å². The largest absolute Gasteiger partial charge is 0.421 e. The third-order valence-electron chi connectivity index (χ3n) is 4.60. The number of ether oxygens (including phenoxy) is 1. The van der Waals surface area contributed by atoms with Crippen molar-refractivity contribution in [1.82, 2.24) is 19.6 Å². The van der Waals surface area contributed by atoms with Crippen molar-refractivity contribution in [3.05, 3.63) is 17.5 Å². The monoisotopic (exact) mass is 361 g/mol. The van der Waals surface area contributed by atoms with Crippen LogP contribution in [-0.2, 0) is 9.53 Å². The number of hydrogen-bond acceptors (Lipinski definition) is 5. The molecular weight excluding hydrogens is 336 g/mol. The molecule has 3 heterocycles. The van der Waals surface area contributed by atoms with Crippen LogP contribution < -0.4 is 0 Å². The van der Waals surface area contributed by atoms with E-state index in [0.717, 1.165) is 11.4 Å². The van der Waals surface area contributed by atoms with Crippen LogP contribution in [0.3, 0.4) is 0 Å². The van der Waals surface area contributed by atoms with Crippen LogP contribution in [0.2, 0.25) is 0 Å². The van der Waals surface area contributed by atoms with Gasteiger partial charge in [0.15, 0.2) is 0 Å². The Morgan fingerprint density at radius 2 is 2.00 bits per heavy atom. The standard InChI is InChI=1S/C17H25N6O3/c1-10(2)22-13-14(18-16(22)23-12(4)9-11(3)19-23)20(5)17(25)21(15(13)24)7-8-26-6/h9-10,13H,7-8H2,1-6H3/q+1. The smallest absolute Gasteiger partial charge is 0.383 e. The highest BCUT2D eigenvalue weighted by molar-refractivity contribution is 6.23. The highest BCUT2D eigenvalue weighted by atomic mass is 16.5. The number of carbonyl (C=O) groups is 2. The SMILES string of the molecule is COCCN1C(=O)C2C(=NC(n3nc(C)cc3C)=[N+]2C(C)C)N(C)C1=O. The molecule has 0 aromatic carbocycles. The number of urea groups is 1. The Kier molecular flexibility index (Phi) is 4.66. The van der Waals surface area contributed by atoms with Gasteiger partial charge in [0, 0.05) is 14.2 Å². The fourth-order valence-corrected chi connectivity index (χ4v) is 3.38. The molecule has 1 aromatic rings. The van der Waals surface area contributed by atoms with Gasteiger partial charge in [0.2, 0.25) is 11.9 Å². The van der Waals surface area contributed by atoms with E-state index in [4.69, 9.17) is 4.74 Å². The number of hydrogen-bond donors (Lipinski definition) is 0. The van der Waals surface area contributed by atoms with Crippen molar-refractivity contribution >= 4 is 23.7 Å². The first-order valence-electron chi connectivity index (χ1n) is 8.63. The van der Waals surface area contributed by atoms with E-state index in [-0.39, 0.29) is 24.5 Å². The van der Waals surface area contributed by atoms with E-state index in [1.165, 1.54) is 9.80 Å². The molecule has 9 heteroatoms. The van der Waals surface area contributed by atoms with Crippen LogP contribution in [0.25, 0.3) is 0 Å². The summed E-state index contributed by atoms with van der Waals surface area (Å²) in [5.41, 5.74) is 1.79. The summed E-state index contributed by atoms with van der Waals surface area (Å²) in [5.74, 6) is 0.714. The fourth-order valence-electron chi connectivity index (χ4n) is 3.38. The molecule has 1 saturated heterocycles.